The van der Waals surface area contributed by atoms with E-state index in [1.165, 1.54) is 6.07 Å². The minimum Gasteiger partial charge on any atom is -0.481 e. The lowest BCUT2D eigenvalue weighted by atomic mass is 9.96. The van der Waals surface area contributed by atoms with Crippen LogP contribution in [0.15, 0.2) is 12.1 Å². The molecule has 1 saturated carbocycles. The van der Waals surface area contributed by atoms with Crippen LogP contribution < -0.4 is 5.32 Å². The van der Waals surface area contributed by atoms with Gasteiger partial charge in [-0.1, -0.05) is 6.42 Å². The summed E-state index contributed by atoms with van der Waals surface area (Å²) in [6.07, 6.45) is -2.23. The van der Waals surface area contributed by atoms with Gasteiger partial charge in [-0.15, -0.1) is 10.2 Å². The van der Waals surface area contributed by atoms with Gasteiger partial charge in [-0.3, -0.25) is 4.79 Å². The first-order valence-electron chi connectivity index (χ1n) is 6.25. The molecule has 1 heterocycles. The molecule has 1 aliphatic rings. The average molecular weight is 289 g/mol. The van der Waals surface area contributed by atoms with Crippen molar-refractivity contribution < 1.29 is 23.1 Å². The van der Waals surface area contributed by atoms with E-state index in [0.717, 1.165) is 18.9 Å². The van der Waals surface area contributed by atoms with Gasteiger partial charge in [-0.2, -0.15) is 13.2 Å². The minimum atomic E-state index is -4.51. The predicted molar refractivity (Wildman–Crippen MR) is 64.0 cm³/mol. The van der Waals surface area contributed by atoms with Gasteiger partial charge in [0.1, 0.15) is 5.82 Å². The second kappa shape index (κ2) is 5.64. The van der Waals surface area contributed by atoms with E-state index in [1.807, 2.05) is 0 Å². The van der Waals surface area contributed by atoms with E-state index in [9.17, 15) is 18.0 Å². The number of carboxylic acids is 1. The van der Waals surface area contributed by atoms with Crippen molar-refractivity contribution in [2.45, 2.75) is 25.4 Å². The number of hydrogen-bond acceptors (Lipinski definition) is 4. The summed E-state index contributed by atoms with van der Waals surface area (Å²) in [6.45, 7) is 0.372. The number of hydrogen-bond donors (Lipinski definition) is 2. The maximum atomic E-state index is 12.3. The zero-order valence-corrected chi connectivity index (χ0v) is 10.5. The lowest BCUT2D eigenvalue weighted by molar-refractivity contribution is -0.143. The summed E-state index contributed by atoms with van der Waals surface area (Å²) >= 11 is 0. The summed E-state index contributed by atoms with van der Waals surface area (Å²) in [6, 6.07) is 2.04. The summed E-state index contributed by atoms with van der Waals surface area (Å²) in [7, 11) is 0. The first kappa shape index (κ1) is 14.5. The normalized spacial score (nSPS) is 22.8. The van der Waals surface area contributed by atoms with Crippen LogP contribution in [0.5, 0.6) is 0 Å². The highest BCUT2D eigenvalue weighted by Crippen LogP contribution is 2.32. The molecule has 2 atom stereocenters. The smallest absolute Gasteiger partial charge is 0.435 e. The van der Waals surface area contributed by atoms with Crippen LogP contribution in [0.3, 0.4) is 0 Å². The fourth-order valence-corrected chi connectivity index (χ4v) is 2.42. The van der Waals surface area contributed by atoms with Gasteiger partial charge in [0.2, 0.25) is 0 Å². The second-order valence-electron chi connectivity index (χ2n) is 4.82. The molecule has 1 aromatic rings. The van der Waals surface area contributed by atoms with Gasteiger partial charge in [-0.05, 0) is 30.9 Å². The topological polar surface area (TPSA) is 75.1 Å². The van der Waals surface area contributed by atoms with Crippen molar-refractivity contribution in [3.05, 3.63) is 17.8 Å². The van der Waals surface area contributed by atoms with Gasteiger partial charge < -0.3 is 10.4 Å². The van der Waals surface area contributed by atoms with Gasteiger partial charge in [0, 0.05) is 6.54 Å². The fraction of sp³-hybridized carbons (Fsp3) is 0.583. The molecule has 0 bridgehead atoms. The number of alkyl halides is 3. The standard InChI is InChI=1S/C12H14F3N3O2/c13-12(14,15)9-4-5-10(18-17-9)16-6-7-2-1-3-8(7)11(19)20/h4-5,7-8H,1-3,6H2,(H,16,18)(H,19,20). The van der Waals surface area contributed by atoms with Crippen LogP contribution >= 0.6 is 0 Å². The molecule has 5 nitrogen and oxygen atoms in total. The van der Waals surface area contributed by atoms with Crippen molar-refractivity contribution in [3.63, 3.8) is 0 Å². The molecule has 1 aliphatic carbocycles. The lowest BCUT2D eigenvalue weighted by Crippen LogP contribution is -2.24. The van der Waals surface area contributed by atoms with E-state index >= 15 is 0 Å². The Bertz CT molecular complexity index is 476. The van der Waals surface area contributed by atoms with Crippen LogP contribution in [0, 0.1) is 11.8 Å². The zero-order valence-electron chi connectivity index (χ0n) is 10.5. The maximum absolute atomic E-state index is 12.3. The third-order valence-electron chi connectivity index (χ3n) is 3.48. The van der Waals surface area contributed by atoms with Crippen molar-refractivity contribution in [1.29, 1.82) is 0 Å². The van der Waals surface area contributed by atoms with E-state index in [-0.39, 0.29) is 11.7 Å². The molecule has 0 spiro atoms. The number of nitrogens with one attached hydrogen (secondary N) is 1. The summed E-state index contributed by atoms with van der Waals surface area (Å²) in [5.41, 5.74) is -1.05. The first-order chi connectivity index (χ1) is 9.38. The largest absolute Gasteiger partial charge is 0.481 e. The Morgan fingerprint density at radius 3 is 2.65 bits per heavy atom. The van der Waals surface area contributed by atoms with E-state index in [2.05, 4.69) is 15.5 Å². The number of aliphatic carboxylic acids is 1. The molecule has 20 heavy (non-hydrogen) atoms. The number of aromatic nitrogens is 2. The predicted octanol–water partition coefficient (Wildman–Crippen LogP) is 2.41. The van der Waals surface area contributed by atoms with Crippen LogP contribution in [0.1, 0.15) is 25.0 Å². The molecule has 0 amide bonds. The third-order valence-corrected chi connectivity index (χ3v) is 3.48. The van der Waals surface area contributed by atoms with Crippen LogP contribution in [0.2, 0.25) is 0 Å². The number of anilines is 1. The Labute approximate surface area is 113 Å². The highest BCUT2D eigenvalue weighted by Gasteiger charge is 2.34. The molecule has 2 unspecified atom stereocenters. The summed E-state index contributed by atoms with van der Waals surface area (Å²) in [4.78, 5) is 11.0. The Morgan fingerprint density at radius 2 is 2.10 bits per heavy atom. The van der Waals surface area contributed by atoms with E-state index < -0.39 is 23.8 Å². The molecule has 0 saturated heterocycles. The Morgan fingerprint density at radius 1 is 1.35 bits per heavy atom. The molecule has 0 radical (unpaired) electrons. The highest BCUT2D eigenvalue weighted by molar-refractivity contribution is 5.70. The molecule has 2 rings (SSSR count). The minimum absolute atomic E-state index is 0.0309. The van der Waals surface area contributed by atoms with Crippen molar-refractivity contribution in [1.82, 2.24) is 10.2 Å². The number of carboxylic acid groups (broad SMARTS) is 1. The molecule has 2 N–H and O–H groups in total. The van der Waals surface area contributed by atoms with E-state index in [1.54, 1.807) is 0 Å². The van der Waals surface area contributed by atoms with Crippen LogP contribution in [-0.4, -0.2) is 27.8 Å². The lowest BCUT2D eigenvalue weighted by Gasteiger charge is -2.16. The van der Waals surface area contributed by atoms with Crippen LogP contribution in [0.4, 0.5) is 19.0 Å². The Hall–Kier alpha value is -1.86. The van der Waals surface area contributed by atoms with Gasteiger partial charge >= 0.3 is 12.1 Å². The van der Waals surface area contributed by atoms with Gasteiger partial charge in [-0.25, -0.2) is 0 Å². The Balaban J connectivity index is 1.93. The number of nitrogens with zero attached hydrogens (tertiary/aromatic N) is 2. The molecule has 1 fully saturated rings. The van der Waals surface area contributed by atoms with Crippen molar-refractivity contribution in [3.8, 4) is 0 Å². The van der Waals surface area contributed by atoms with Gasteiger partial charge in [0.05, 0.1) is 5.92 Å². The molecular weight excluding hydrogens is 275 g/mol. The molecule has 1 aromatic heterocycles. The van der Waals surface area contributed by atoms with Crippen LogP contribution in [-0.2, 0) is 11.0 Å². The number of carbonyl (C=O) groups is 1. The van der Waals surface area contributed by atoms with Crippen molar-refractivity contribution in [2.24, 2.45) is 11.8 Å². The van der Waals surface area contributed by atoms with Gasteiger partial charge in [0.15, 0.2) is 5.69 Å². The molecular formula is C12H14F3N3O2. The van der Waals surface area contributed by atoms with E-state index in [0.29, 0.717) is 13.0 Å². The highest BCUT2D eigenvalue weighted by atomic mass is 19.4. The molecule has 8 heteroatoms. The van der Waals surface area contributed by atoms with E-state index in [4.69, 9.17) is 5.11 Å². The maximum Gasteiger partial charge on any atom is 0.435 e. The number of halogens is 3. The third kappa shape index (κ3) is 3.37. The molecule has 110 valence electrons. The monoisotopic (exact) mass is 289 g/mol. The Kier molecular flexibility index (Phi) is 4.10. The molecule has 0 aliphatic heterocycles. The number of rotatable bonds is 4. The second-order valence-corrected chi connectivity index (χ2v) is 4.82. The van der Waals surface area contributed by atoms with Gasteiger partial charge in [0.25, 0.3) is 0 Å². The summed E-state index contributed by atoms with van der Waals surface area (Å²) in [5, 5.41) is 18.4. The molecule has 0 aromatic carbocycles. The fourth-order valence-electron chi connectivity index (χ4n) is 2.42. The van der Waals surface area contributed by atoms with Crippen molar-refractivity contribution in [2.75, 3.05) is 11.9 Å². The summed E-state index contributed by atoms with van der Waals surface area (Å²) < 4.78 is 36.9. The average Bonchev–Trinajstić information content (AvgIpc) is 2.84. The zero-order chi connectivity index (χ0) is 14.8. The quantitative estimate of drug-likeness (QED) is 0.890. The van der Waals surface area contributed by atoms with Crippen molar-refractivity contribution >= 4 is 11.8 Å². The SMILES string of the molecule is O=C(O)C1CCCC1CNc1ccc(C(F)(F)F)nn1. The van der Waals surface area contributed by atoms with Crippen LogP contribution in [0.25, 0.3) is 0 Å². The first-order valence-corrected chi connectivity index (χ1v) is 6.25. The summed E-state index contributed by atoms with van der Waals surface area (Å²) in [5.74, 6) is -1.04.